The number of nitrogens with zero attached hydrogens (tertiary/aromatic N) is 1. The lowest BCUT2D eigenvalue weighted by molar-refractivity contribution is -0.138. The summed E-state index contributed by atoms with van der Waals surface area (Å²) in [5.74, 6) is -6.02. The van der Waals surface area contributed by atoms with Gasteiger partial charge in [0, 0.05) is 36.3 Å². The minimum Gasteiger partial charge on any atom is -0.481 e. The summed E-state index contributed by atoms with van der Waals surface area (Å²) in [5, 5.41) is 28.6. The molecule has 0 atom stereocenters. The van der Waals surface area contributed by atoms with E-state index in [1.165, 1.54) is 0 Å². The van der Waals surface area contributed by atoms with Gasteiger partial charge in [-0.3, -0.25) is 28.8 Å². The zero-order valence-corrected chi connectivity index (χ0v) is 15.8. The fourth-order valence-corrected chi connectivity index (χ4v) is 2.37. The van der Waals surface area contributed by atoms with Gasteiger partial charge in [-0.05, 0) is 18.2 Å². The van der Waals surface area contributed by atoms with Crippen molar-refractivity contribution in [2.45, 2.75) is 19.3 Å². The summed E-state index contributed by atoms with van der Waals surface area (Å²) in [5.41, 5.74) is 4.74. The third-order valence-corrected chi connectivity index (χ3v) is 3.83. The van der Waals surface area contributed by atoms with Gasteiger partial charge in [-0.25, -0.2) is 0 Å². The maximum absolute atomic E-state index is 12.8. The molecule has 0 radical (unpaired) electrons. The lowest BCUT2D eigenvalue weighted by Gasteiger charge is -2.22. The normalized spacial score (nSPS) is 10.1. The zero-order chi connectivity index (χ0) is 22.8. The Kier molecular flexibility index (Phi) is 8.94. The van der Waals surface area contributed by atoms with Crippen molar-refractivity contribution in [2.75, 3.05) is 19.6 Å². The first-order valence-corrected chi connectivity index (χ1v) is 8.69. The van der Waals surface area contributed by atoms with Gasteiger partial charge in [-0.15, -0.1) is 0 Å². The van der Waals surface area contributed by atoms with E-state index in [-0.39, 0.29) is 42.7 Å². The average Bonchev–Trinajstić information content (AvgIpc) is 2.66. The van der Waals surface area contributed by atoms with Crippen LogP contribution in [0.1, 0.15) is 50.3 Å². The molecule has 1 aromatic carbocycles. The lowest BCUT2D eigenvalue weighted by Crippen LogP contribution is -2.35. The van der Waals surface area contributed by atoms with E-state index in [2.05, 4.69) is 5.32 Å². The summed E-state index contributed by atoms with van der Waals surface area (Å²) in [6.45, 7) is -0.771. The molecule has 6 N–H and O–H groups in total. The number of carbonyl (C=O) groups excluding carboxylic acids is 3. The van der Waals surface area contributed by atoms with E-state index in [0.717, 1.165) is 23.1 Å². The number of carboxylic acid groups (broad SMARTS) is 3. The largest absolute Gasteiger partial charge is 0.481 e. The van der Waals surface area contributed by atoms with Crippen molar-refractivity contribution in [3.63, 3.8) is 0 Å². The molecule has 0 saturated heterocycles. The van der Waals surface area contributed by atoms with Gasteiger partial charge >= 0.3 is 17.9 Å². The highest BCUT2D eigenvalue weighted by molar-refractivity contribution is 6.04. The molecule has 0 spiro atoms. The molecule has 0 aliphatic heterocycles. The number of benzene rings is 1. The number of carboxylic acids is 3. The van der Waals surface area contributed by atoms with E-state index < -0.39 is 48.5 Å². The highest BCUT2D eigenvalue weighted by atomic mass is 16.4. The summed E-state index contributed by atoms with van der Waals surface area (Å²) < 4.78 is 0. The number of primary amides is 1. The quantitative estimate of drug-likeness (QED) is 0.290. The Morgan fingerprint density at radius 1 is 0.767 bits per heavy atom. The Balaban J connectivity index is 3.19. The molecule has 3 amide bonds. The van der Waals surface area contributed by atoms with Crippen LogP contribution >= 0.6 is 0 Å². The first kappa shape index (κ1) is 24.1. The van der Waals surface area contributed by atoms with Crippen LogP contribution in [-0.4, -0.2) is 75.5 Å². The number of amides is 3. The first-order valence-electron chi connectivity index (χ1n) is 8.69. The van der Waals surface area contributed by atoms with Gasteiger partial charge < -0.3 is 31.3 Å². The van der Waals surface area contributed by atoms with E-state index in [1.54, 1.807) is 0 Å². The van der Waals surface area contributed by atoms with Gasteiger partial charge in [0.15, 0.2) is 0 Å². The number of aliphatic carboxylic acids is 3. The Morgan fingerprint density at radius 2 is 1.23 bits per heavy atom. The first-order chi connectivity index (χ1) is 14.0. The summed E-state index contributed by atoms with van der Waals surface area (Å²) >= 11 is 0. The van der Waals surface area contributed by atoms with E-state index in [1.807, 2.05) is 0 Å². The van der Waals surface area contributed by atoms with Crippen molar-refractivity contribution in [2.24, 2.45) is 5.73 Å². The second kappa shape index (κ2) is 11.1. The molecule has 1 aromatic rings. The van der Waals surface area contributed by atoms with Crippen LogP contribution in [0.4, 0.5) is 0 Å². The zero-order valence-electron chi connectivity index (χ0n) is 15.8. The predicted molar refractivity (Wildman–Crippen MR) is 100.0 cm³/mol. The molecule has 0 fully saturated rings. The highest BCUT2D eigenvalue weighted by Gasteiger charge is 2.21. The molecular weight excluding hydrogens is 402 g/mol. The maximum atomic E-state index is 12.8. The molecule has 0 unspecified atom stereocenters. The average molecular weight is 423 g/mol. The molecular formula is C18H21N3O9. The van der Waals surface area contributed by atoms with Crippen molar-refractivity contribution < 1.29 is 44.1 Å². The Labute approximate surface area is 170 Å². The summed E-state index contributed by atoms with van der Waals surface area (Å²) in [6, 6.07) is 3.35. The van der Waals surface area contributed by atoms with Crippen LogP contribution in [0.15, 0.2) is 18.2 Å². The van der Waals surface area contributed by atoms with Gasteiger partial charge in [0.2, 0.25) is 5.91 Å². The number of hydrogen-bond acceptors (Lipinski definition) is 6. The Bertz CT molecular complexity index is 848. The topological polar surface area (TPSA) is 204 Å². The van der Waals surface area contributed by atoms with Crippen molar-refractivity contribution in [3.8, 4) is 0 Å². The van der Waals surface area contributed by atoms with Crippen LogP contribution < -0.4 is 11.1 Å². The molecule has 0 aliphatic carbocycles. The second-order valence-electron chi connectivity index (χ2n) is 6.14. The van der Waals surface area contributed by atoms with Crippen molar-refractivity contribution in [3.05, 3.63) is 34.9 Å². The van der Waals surface area contributed by atoms with Crippen LogP contribution in [0.2, 0.25) is 0 Å². The third kappa shape index (κ3) is 7.96. The van der Waals surface area contributed by atoms with Crippen LogP contribution in [-0.2, 0) is 14.4 Å². The standard InChI is InChI=1S/C18H21N3O9/c19-16(28)10-7-11(17(29)20-4-1-13(22)23)9-12(8-10)18(30)21(5-2-14(24)25)6-3-15(26)27/h7-9H,1-6H2,(H2,19,28)(H,20,29)(H,22,23)(H,24,25)(H,26,27). The molecule has 30 heavy (non-hydrogen) atoms. The lowest BCUT2D eigenvalue weighted by atomic mass is 10.0. The van der Waals surface area contributed by atoms with E-state index in [9.17, 15) is 28.8 Å². The van der Waals surface area contributed by atoms with Gasteiger partial charge in [-0.2, -0.15) is 0 Å². The molecule has 12 nitrogen and oxygen atoms in total. The minimum absolute atomic E-state index is 0.142. The molecule has 0 heterocycles. The van der Waals surface area contributed by atoms with E-state index >= 15 is 0 Å². The van der Waals surface area contributed by atoms with Gasteiger partial charge in [-0.1, -0.05) is 0 Å². The van der Waals surface area contributed by atoms with Crippen LogP contribution in [0.25, 0.3) is 0 Å². The Hall–Kier alpha value is -3.96. The van der Waals surface area contributed by atoms with Crippen molar-refractivity contribution in [1.29, 1.82) is 0 Å². The second-order valence-corrected chi connectivity index (χ2v) is 6.14. The number of rotatable bonds is 12. The van der Waals surface area contributed by atoms with Crippen molar-refractivity contribution >= 4 is 35.6 Å². The highest BCUT2D eigenvalue weighted by Crippen LogP contribution is 2.14. The van der Waals surface area contributed by atoms with Gasteiger partial charge in [0.25, 0.3) is 11.8 Å². The van der Waals surface area contributed by atoms with Gasteiger partial charge in [0.05, 0.1) is 19.3 Å². The number of nitrogens with one attached hydrogen (secondary N) is 1. The molecule has 0 aromatic heterocycles. The molecule has 162 valence electrons. The van der Waals surface area contributed by atoms with Crippen molar-refractivity contribution in [1.82, 2.24) is 10.2 Å². The molecule has 0 aliphatic rings. The monoisotopic (exact) mass is 423 g/mol. The van der Waals surface area contributed by atoms with Crippen LogP contribution in [0, 0.1) is 0 Å². The molecule has 0 bridgehead atoms. The summed E-state index contributed by atoms with van der Waals surface area (Å²) in [7, 11) is 0. The summed E-state index contributed by atoms with van der Waals surface area (Å²) in [4.78, 5) is 69.8. The smallest absolute Gasteiger partial charge is 0.305 e. The van der Waals surface area contributed by atoms with Gasteiger partial charge in [0.1, 0.15) is 0 Å². The number of carbonyl (C=O) groups is 6. The van der Waals surface area contributed by atoms with Crippen LogP contribution in [0.5, 0.6) is 0 Å². The van der Waals surface area contributed by atoms with E-state index in [0.29, 0.717) is 0 Å². The van der Waals surface area contributed by atoms with E-state index in [4.69, 9.17) is 21.1 Å². The fourth-order valence-electron chi connectivity index (χ4n) is 2.37. The van der Waals surface area contributed by atoms with Crippen LogP contribution in [0.3, 0.4) is 0 Å². The molecule has 12 heteroatoms. The fraction of sp³-hybridized carbons (Fsp3) is 0.333. The molecule has 0 saturated carbocycles. The predicted octanol–water partition coefficient (Wildman–Crippen LogP) is -0.618. The number of nitrogens with two attached hydrogens (primary N) is 1. The third-order valence-electron chi connectivity index (χ3n) is 3.83. The number of hydrogen-bond donors (Lipinski definition) is 5. The maximum Gasteiger partial charge on any atom is 0.305 e. The minimum atomic E-state index is -1.20. The molecule has 1 rings (SSSR count). The SMILES string of the molecule is NC(=O)c1cc(C(=O)NCCC(=O)O)cc(C(=O)N(CCC(=O)O)CCC(=O)O)c1. The Morgan fingerprint density at radius 3 is 1.70 bits per heavy atom. The summed E-state index contributed by atoms with van der Waals surface area (Å²) in [6.07, 6.45) is -1.22.